The van der Waals surface area contributed by atoms with Crippen molar-refractivity contribution in [1.29, 1.82) is 0 Å². The number of methoxy groups -OCH3 is 1. The maximum absolute atomic E-state index is 13.3. The number of carbonyl (C=O) groups is 6. The fourth-order valence-electron chi connectivity index (χ4n) is 6.99. The number of nitrogens with zero attached hydrogens (tertiary/aromatic N) is 2. The van der Waals surface area contributed by atoms with E-state index in [-0.39, 0.29) is 30.2 Å². The van der Waals surface area contributed by atoms with Gasteiger partial charge in [-0.3, -0.25) is 28.8 Å². The molecule has 2 amide bonds. The van der Waals surface area contributed by atoms with Crippen molar-refractivity contribution >= 4 is 57.5 Å². The third-order valence-corrected chi connectivity index (χ3v) is 10.1. The highest BCUT2D eigenvalue weighted by molar-refractivity contribution is 6.48. The summed E-state index contributed by atoms with van der Waals surface area (Å²) in [5.41, 5.74) is 6.48. The number of carbonyl (C=O) groups excluding carboxylic acids is 5. The molecule has 0 aliphatic rings. The number of ketones is 3. The summed E-state index contributed by atoms with van der Waals surface area (Å²) in [6, 6.07) is 44.9. The van der Waals surface area contributed by atoms with Gasteiger partial charge >= 0.3 is 5.97 Å². The highest BCUT2D eigenvalue weighted by Crippen LogP contribution is 2.31. The molecule has 0 radical (unpaired) electrons. The second-order valence-electron chi connectivity index (χ2n) is 14.5. The number of benzene rings is 4. The first-order valence-corrected chi connectivity index (χ1v) is 20.2. The van der Waals surface area contributed by atoms with Crippen LogP contribution in [-0.2, 0) is 14.4 Å². The van der Waals surface area contributed by atoms with Gasteiger partial charge in [-0.15, -0.1) is 0 Å². The van der Waals surface area contributed by atoms with Crippen LogP contribution in [-0.4, -0.2) is 62.8 Å². The fraction of sp³-hybridized carbons (Fsp3) is 0.0980. The van der Waals surface area contributed by atoms with Crippen molar-refractivity contribution in [3.8, 4) is 33.8 Å². The van der Waals surface area contributed by atoms with Gasteiger partial charge in [0.25, 0.3) is 23.4 Å². The lowest BCUT2D eigenvalue weighted by Crippen LogP contribution is -2.24. The zero-order valence-corrected chi connectivity index (χ0v) is 34.8. The Morgan fingerprint density at radius 1 is 0.578 bits per heavy atom. The fourth-order valence-corrected chi connectivity index (χ4v) is 6.99. The predicted octanol–water partition coefficient (Wildman–Crippen LogP) is 9.31. The Hall–Kier alpha value is -8.58. The van der Waals surface area contributed by atoms with Gasteiger partial charge in [-0.25, -0.2) is 0 Å². The van der Waals surface area contributed by atoms with Crippen molar-refractivity contribution in [2.45, 2.75) is 19.8 Å². The number of amides is 2. The van der Waals surface area contributed by atoms with E-state index in [1.807, 2.05) is 97.1 Å². The Labute approximate surface area is 367 Å². The van der Waals surface area contributed by atoms with E-state index in [0.717, 1.165) is 22.2 Å². The monoisotopic (exact) mass is 854 g/mol. The number of ether oxygens (including phenoxy) is 2. The molecule has 64 heavy (non-hydrogen) atoms. The molecular formula is C51H42N4O9. The lowest BCUT2D eigenvalue weighted by molar-refractivity contribution is -0.137. The number of pyridine rings is 2. The van der Waals surface area contributed by atoms with Crippen LogP contribution in [0.3, 0.4) is 0 Å². The van der Waals surface area contributed by atoms with Gasteiger partial charge in [0.15, 0.2) is 5.78 Å². The minimum atomic E-state index is -0.883. The van der Waals surface area contributed by atoms with E-state index in [9.17, 15) is 28.8 Å². The summed E-state index contributed by atoms with van der Waals surface area (Å²) < 4.78 is 14.2. The molecule has 3 N–H and O–H groups in total. The molecule has 8 aromatic rings. The van der Waals surface area contributed by atoms with E-state index < -0.39 is 29.4 Å². The van der Waals surface area contributed by atoms with Crippen molar-refractivity contribution < 1.29 is 43.3 Å². The maximum Gasteiger partial charge on any atom is 0.303 e. The number of nitrogens with one attached hydrogen (secondary N) is 2. The van der Waals surface area contributed by atoms with Crippen LogP contribution in [0.1, 0.15) is 51.1 Å². The van der Waals surface area contributed by atoms with Gasteiger partial charge in [-0.2, -0.15) is 0 Å². The van der Waals surface area contributed by atoms with Gasteiger partial charge < -0.3 is 34.0 Å². The van der Waals surface area contributed by atoms with Crippen molar-refractivity contribution in [2.24, 2.45) is 0 Å². The van der Waals surface area contributed by atoms with Crippen LogP contribution in [0, 0.1) is 0 Å². The molecule has 0 atom stereocenters. The van der Waals surface area contributed by atoms with Crippen LogP contribution in [0.4, 0.5) is 11.4 Å². The quantitative estimate of drug-likeness (QED) is 0.0516. The number of Topliss-reactive ketones (excluding diaryl/α,β-unsaturated/α-hetero) is 3. The zero-order chi connectivity index (χ0) is 45.2. The molecular weight excluding hydrogens is 813 g/mol. The molecule has 320 valence electrons. The lowest BCUT2D eigenvalue weighted by Gasteiger charge is -2.10. The van der Waals surface area contributed by atoms with E-state index in [1.165, 1.54) is 6.92 Å². The summed E-state index contributed by atoms with van der Waals surface area (Å²) in [6.45, 7) is 1.70. The zero-order valence-electron chi connectivity index (χ0n) is 34.8. The van der Waals surface area contributed by atoms with Crippen LogP contribution in [0.2, 0.25) is 0 Å². The molecule has 0 aliphatic heterocycles. The predicted molar refractivity (Wildman–Crippen MR) is 243 cm³/mol. The number of carboxylic acids is 1. The molecule has 0 unspecified atom stereocenters. The summed E-state index contributed by atoms with van der Waals surface area (Å²) in [7, 11) is 1.54. The van der Waals surface area contributed by atoms with Gasteiger partial charge in [-0.05, 0) is 97.3 Å². The van der Waals surface area contributed by atoms with Crippen molar-refractivity contribution in [3.63, 3.8) is 0 Å². The third-order valence-electron chi connectivity index (χ3n) is 10.1. The summed E-state index contributed by atoms with van der Waals surface area (Å²) in [6.07, 6.45) is 3.83. The molecule has 0 aliphatic carbocycles. The topological polar surface area (TPSA) is 174 Å². The first kappa shape index (κ1) is 43.5. The maximum atomic E-state index is 13.3. The van der Waals surface area contributed by atoms with Gasteiger partial charge in [0.1, 0.15) is 22.9 Å². The Balaban J connectivity index is 0.000000192. The van der Waals surface area contributed by atoms with Crippen LogP contribution in [0.25, 0.3) is 33.3 Å². The largest absolute Gasteiger partial charge is 0.495 e. The van der Waals surface area contributed by atoms with E-state index >= 15 is 0 Å². The molecule has 0 fully saturated rings. The number of rotatable bonds is 15. The normalized spacial score (nSPS) is 10.7. The smallest absolute Gasteiger partial charge is 0.303 e. The van der Waals surface area contributed by atoms with Crippen molar-refractivity contribution in [1.82, 2.24) is 8.80 Å². The summed E-state index contributed by atoms with van der Waals surface area (Å²) in [5, 5.41) is 14.0. The molecule has 0 saturated carbocycles. The van der Waals surface area contributed by atoms with Gasteiger partial charge in [0.05, 0.1) is 19.9 Å². The molecule has 0 spiro atoms. The van der Waals surface area contributed by atoms with E-state index in [2.05, 4.69) is 10.6 Å². The Bertz CT molecular complexity index is 3010. The number of aliphatic carboxylic acids is 1. The SMILES string of the molecule is COc1ccc2cc(-c3ccccc3)c(C(=O)C(=O)Nc3ccc(C(C)=O)cc3)n2c1.O=C(O)CCCOc1cccc(NC(=O)C(=O)c2c(-c3ccccc3)cc3ccccn23)c1. The Kier molecular flexibility index (Phi) is 13.5. The van der Waals surface area contributed by atoms with Gasteiger partial charge in [-0.1, -0.05) is 72.8 Å². The lowest BCUT2D eigenvalue weighted by atomic mass is 10.0. The number of hydrogen-bond donors (Lipinski definition) is 3. The summed E-state index contributed by atoms with van der Waals surface area (Å²) in [4.78, 5) is 74.3. The van der Waals surface area contributed by atoms with Crippen LogP contribution < -0.4 is 20.1 Å². The third kappa shape index (κ3) is 10.1. The average Bonchev–Trinajstić information content (AvgIpc) is 3.90. The molecule has 13 heteroatoms. The van der Waals surface area contributed by atoms with E-state index in [4.69, 9.17) is 14.6 Å². The standard InChI is InChI=1S/C26H22N2O5.C25H20N2O4/c29-23(30)13-7-15-33-21-12-6-10-19(16-21)27-26(32)25(31)24-22(18-8-2-1-3-9-18)17-20-11-4-5-14-28(20)24;1-16(28)17-8-10-19(11-9-17)26-25(30)24(29)23-22(18-6-4-3-5-7-18)14-20-12-13-21(31-2)15-27(20)23/h1-6,8-12,14,16-17H,7,13,15H2,(H,27,32)(H,29,30);3-15H,1-2H3,(H,26,30). The van der Waals surface area contributed by atoms with Crippen LogP contribution >= 0.6 is 0 Å². The minimum Gasteiger partial charge on any atom is -0.495 e. The molecule has 13 nitrogen and oxygen atoms in total. The number of fused-ring (bicyclic) bond motifs is 2. The second-order valence-corrected chi connectivity index (χ2v) is 14.5. The summed E-state index contributed by atoms with van der Waals surface area (Å²) in [5.74, 6) is -2.79. The molecule has 0 saturated heterocycles. The molecule has 4 heterocycles. The average molecular weight is 855 g/mol. The first-order chi connectivity index (χ1) is 31.0. The minimum absolute atomic E-state index is 0.0138. The molecule has 0 bridgehead atoms. The van der Waals surface area contributed by atoms with Gasteiger partial charge in [0.2, 0.25) is 0 Å². The highest BCUT2D eigenvalue weighted by atomic mass is 16.5. The van der Waals surface area contributed by atoms with E-state index in [1.54, 1.807) is 82.9 Å². The number of anilines is 2. The summed E-state index contributed by atoms with van der Waals surface area (Å²) >= 11 is 0. The Morgan fingerprint density at radius 3 is 1.75 bits per heavy atom. The van der Waals surface area contributed by atoms with Gasteiger partial charge in [0, 0.05) is 57.8 Å². The second kappa shape index (κ2) is 19.9. The first-order valence-electron chi connectivity index (χ1n) is 20.2. The van der Waals surface area contributed by atoms with E-state index in [0.29, 0.717) is 46.0 Å². The number of carboxylic acid groups (broad SMARTS) is 1. The van der Waals surface area contributed by atoms with Crippen molar-refractivity contribution in [3.05, 3.63) is 181 Å². The number of hydrogen-bond acceptors (Lipinski definition) is 8. The van der Waals surface area contributed by atoms with Crippen LogP contribution in [0.15, 0.2) is 164 Å². The molecule has 4 aromatic carbocycles. The van der Waals surface area contributed by atoms with Crippen molar-refractivity contribution in [2.75, 3.05) is 24.4 Å². The highest BCUT2D eigenvalue weighted by Gasteiger charge is 2.26. The molecule has 8 rings (SSSR count). The number of aromatic nitrogens is 2. The molecule has 4 aromatic heterocycles. The Morgan fingerprint density at radius 2 is 1.16 bits per heavy atom. The van der Waals surface area contributed by atoms with Crippen LogP contribution in [0.5, 0.6) is 11.5 Å².